The number of likely N-dealkylation sites (N-methyl/N-ethyl adjacent to an activating group) is 1. The summed E-state index contributed by atoms with van der Waals surface area (Å²) in [6, 6.07) is 10.00. The molecule has 4 heterocycles. The number of amides is 1. The van der Waals surface area contributed by atoms with E-state index in [-0.39, 0.29) is 12.5 Å². The van der Waals surface area contributed by atoms with Gasteiger partial charge in [0.1, 0.15) is 5.65 Å². The predicted octanol–water partition coefficient (Wildman–Crippen LogP) is 3.27. The van der Waals surface area contributed by atoms with Gasteiger partial charge in [-0.25, -0.2) is 4.98 Å². The van der Waals surface area contributed by atoms with Crippen LogP contribution in [0.25, 0.3) is 33.2 Å². The normalized spacial score (nSPS) is 15.2. The van der Waals surface area contributed by atoms with Crippen LogP contribution in [0.5, 0.6) is 11.5 Å². The van der Waals surface area contributed by atoms with E-state index in [2.05, 4.69) is 38.7 Å². The maximum absolute atomic E-state index is 12.8. The summed E-state index contributed by atoms with van der Waals surface area (Å²) in [5.74, 6) is 1.18. The second-order valence-corrected chi connectivity index (χ2v) is 8.62. The number of aryl methyl sites for hydroxylation is 1. The van der Waals surface area contributed by atoms with Crippen LogP contribution in [0.3, 0.4) is 0 Å². The third-order valence-electron chi connectivity index (χ3n) is 6.38. The molecule has 1 aromatic carbocycles. The molecule has 1 saturated heterocycles. The first-order valence-corrected chi connectivity index (χ1v) is 11.2. The Hall–Kier alpha value is -3.52. The Balaban J connectivity index is 1.42. The molecule has 0 spiro atoms. The third kappa shape index (κ3) is 4.14. The van der Waals surface area contributed by atoms with Crippen LogP contribution >= 0.6 is 0 Å². The minimum Gasteiger partial charge on any atom is -0.493 e. The Labute approximate surface area is 192 Å². The molecule has 3 aromatic heterocycles. The standard InChI is InChI=1S/C25H29N5O3/c1-28-8-5-9-30(11-10-28)24(31)16-33-23-14-21-18(13-22(23)32-3)19(15-29(21)2)20-12-17-6-4-7-26-25(17)27-20/h4,6-7,12-15H,5,8-11,16H2,1-3H3,(H,26,27). The van der Waals surface area contributed by atoms with E-state index in [1.54, 1.807) is 13.3 Å². The third-order valence-corrected chi connectivity index (χ3v) is 6.38. The predicted molar refractivity (Wildman–Crippen MR) is 129 cm³/mol. The van der Waals surface area contributed by atoms with Crippen LogP contribution in [0.4, 0.5) is 0 Å². The Bertz CT molecular complexity index is 1280. The molecule has 0 radical (unpaired) electrons. The number of benzene rings is 1. The van der Waals surface area contributed by atoms with Crippen molar-refractivity contribution in [3.8, 4) is 22.8 Å². The minimum atomic E-state index is -0.00342. The second-order valence-electron chi connectivity index (χ2n) is 8.62. The topological polar surface area (TPSA) is 75.6 Å². The van der Waals surface area contributed by atoms with Crippen molar-refractivity contribution in [2.45, 2.75) is 6.42 Å². The van der Waals surface area contributed by atoms with Gasteiger partial charge in [-0.1, -0.05) is 0 Å². The van der Waals surface area contributed by atoms with Crippen LogP contribution in [0, 0.1) is 0 Å². The fourth-order valence-corrected chi connectivity index (χ4v) is 4.51. The number of ether oxygens (including phenoxy) is 2. The number of nitrogens with zero attached hydrogens (tertiary/aromatic N) is 4. The molecule has 4 aromatic rings. The zero-order chi connectivity index (χ0) is 22.9. The van der Waals surface area contributed by atoms with E-state index in [0.29, 0.717) is 11.5 Å². The molecule has 33 heavy (non-hydrogen) atoms. The summed E-state index contributed by atoms with van der Waals surface area (Å²) < 4.78 is 13.7. The number of methoxy groups -OCH3 is 1. The smallest absolute Gasteiger partial charge is 0.260 e. The number of hydrogen-bond acceptors (Lipinski definition) is 5. The lowest BCUT2D eigenvalue weighted by atomic mass is 10.1. The van der Waals surface area contributed by atoms with Crippen molar-refractivity contribution in [3.63, 3.8) is 0 Å². The summed E-state index contributed by atoms with van der Waals surface area (Å²) in [5.41, 5.74) is 3.90. The van der Waals surface area contributed by atoms with Crippen LogP contribution in [0.1, 0.15) is 6.42 Å². The highest BCUT2D eigenvalue weighted by Gasteiger charge is 2.20. The Morgan fingerprint density at radius 2 is 2.00 bits per heavy atom. The summed E-state index contributed by atoms with van der Waals surface area (Å²) >= 11 is 0. The fraction of sp³-hybridized carbons (Fsp3) is 0.360. The molecule has 1 amide bonds. The average Bonchev–Trinajstić information content (AvgIpc) is 3.31. The SMILES string of the molecule is COc1cc2c(-c3cc4cccnc4[nH]3)cn(C)c2cc1OCC(=O)N1CCCN(C)CC1. The van der Waals surface area contributed by atoms with E-state index in [1.165, 1.54) is 0 Å². The quantitative estimate of drug-likeness (QED) is 0.508. The lowest BCUT2D eigenvalue weighted by Crippen LogP contribution is -2.37. The number of rotatable bonds is 5. The molecule has 0 unspecified atom stereocenters. The van der Waals surface area contributed by atoms with E-state index < -0.39 is 0 Å². The summed E-state index contributed by atoms with van der Waals surface area (Å²) in [7, 11) is 5.71. The van der Waals surface area contributed by atoms with Gasteiger partial charge in [0, 0.05) is 67.2 Å². The fourth-order valence-electron chi connectivity index (χ4n) is 4.51. The van der Waals surface area contributed by atoms with E-state index >= 15 is 0 Å². The molecular weight excluding hydrogens is 418 g/mol. The van der Waals surface area contributed by atoms with Crippen molar-refractivity contribution in [2.75, 3.05) is 46.9 Å². The molecular formula is C25H29N5O3. The number of fused-ring (bicyclic) bond motifs is 2. The highest BCUT2D eigenvalue weighted by Crippen LogP contribution is 2.38. The van der Waals surface area contributed by atoms with Crippen molar-refractivity contribution in [3.05, 3.63) is 42.7 Å². The lowest BCUT2D eigenvalue weighted by molar-refractivity contribution is -0.133. The van der Waals surface area contributed by atoms with E-state index in [1.807, 2.05) is 36.2 Å². The van der Waals surface area contributed by atoms with E-state index in [0.717, 1.165) is 65.8 Å². The molecule has 0 aliphatic carbocycles. The molecule has 0 bridgehead atoms. The van der Waals surface area contributed by atoms with Gasteiger partial charge in [-0.15, -0.1) is 0 Å². The van der Waals surface area contributed by atoms with Crippen LogP contribution in [0.15, 0.2) is 42.7 Å². The number of carbonyl (C=O) groups is 1. The van der Waals surface area contributed by atoms with Gasteiger partial charge in [-0.2, -0.15) is 0 Å². The molecule has 5 rings (SSSR count). The minimum absolute atomic E-state index is 0.00342. The van der Waals surface area contributed by atoms with Crippen LogP contribution in [-0.4, -0.2) is 77.2 Å². The zero-order valence-corrected chi connectivity index (χ0v) is 19.3. The molecule has 1 N–H and O–H groups in total. The van der Waals surface area contributed by atoms with Gasteiger partial charge in [-0.05, 0) is 44.3 Å². The van der Waals surface area contributed by atoms with Crippen molar-refractivity contribution >= 4 is 27.8 Å². The number of aromatic nitrogens is 3. The number of carbonyl (C=O) groups excluding carboxylic acids is 1. The monoisotopic (exact) mass is 447 g/mol. The van der Waals surface area contributed by atoms with E-state index in [9.17, 15) is 4.79 Å². The number of H-pyrrole nitrogens is 1. The molecule has 8 heteroatoms. The summed E-state index contributed by atoms with van der Waals surface area (Å²) in [4.78, 5) is 24.7. The average molecular weight is 448 g/mol. The van der Waals surface area contributed by atoms with Gasteiger partial charge in [0.15, 0.2) is 18.1 Å². The first-order valence-electron chi connectivity index (χ1n) is 11.2. The molecule has 8 nitrogen and oxygen atoms in total. The number of pyridine rings is 1. The Morgan fingerprint density at radius 1 is 1.12 bits per heavy atom. The Morgan fingerprint density at radius 3 is 2.82 bits per heavy atom. The van der Waals surface area contributed by atoms with Crippen molar-refractivity contribution in [1.82, 2.24) is 24.3 Å². The van der Waals surface area contributed by atoms with Crippen molar-refractivity contribution in [1.29, 1.82) is 0 Å². The maximum Gasteiger partial charge on any atom is 0.260 e. The van der Waals surface area contributed by atoms with Crippen molar-refractivity contribution < 1.29 is 14.3 Å². The van der Waals surface area contributed by atoms with Gasteiger partial charge in [0.05, 0.1) is 12.6 Å². The summed E-state index contributed by atoms with van der Waals surface area (Å²) in [6.07, 6.45) is 4.84. The second kappa shape index (κ2) is 8.78. The number of aromatic amines is 1. The summed E-state index contributed by atoms with van der Waals surface area (Å²) in [6.45, 7) is 3.39. The number of hydrogen-bond donors (Lipinski definition) is 1. The van der Waals surface area contributed by atoms with Crippen molar-refractivity contribution in [2.24, 2.45) is 7.05 Å². The first-order chi connectivity index (χ1) is 16.0. The van der Waals surface area contributed by atoms with Gasteiger partial charge in [0.25, 0.3) is 5.91 Å². The van der Waals surface area contributed by atoms with E-state index in [4.69, 9.17) is 9.47 Å². The maximum atomic E-state index is 12.8. The van der Waals surface area contributed by atoms with Crippen LogP contribution < -0.4 is 9.47 Å². The lowest BCUT2D eigenvalue weighted by Gasteiger charge is -2.21. The zero-order valence-electron chi connectivity index (χ0n) is 19.3. The van der Waals surface area contributed by atoms with Crippen LogP contribution in [-0.2, 0) is 11.8 Å². The van der Waals surface area contributed by atoms with Crippen LogP contribution in [0.2, 0.25) is 0 Å². The van der Waals surface area contributed by atoms with Gasteiger partial charge >= 0.3 is 0 Å². The van der Waals surface area contributed by atoms with Gasteiger partial charge in [0.2, 0.25) is 0 Å². The van der Waals surface area contributed by atoms with Gasteiger partial charge < -0.3 is 28.8 Å². The first kappa shape index (κ1) is 21.3. The highest BCUT2D eigenvalue weighted by molar-refractivity contribution is 5.99. The molecule has 0 saturated carbocycles. The summed E-state index contributed by atoms with van der Waals surface area (Å²) in [5, 5.41) is 2.10. The molecule has 0 atom stereocenters. The Kier molecular flexibility index (Phi) is 5.68. The number of nitrogens with one attached hydrogen (secondary N) is 1. The molecule has 1 fully saturated rings. The molecule has 1 aliphatic heterocycles. The van der Waals surface area contributed by atoms with Gasteiger partial charge in [-0.3, -0.25) is 4.79 Å². The molecule has 1 aliphatic rings. The highest BCUT2D eigenvalue weighted by atomic mass is 16.5. The molecule has 172 valence electrons. The largest absolute Gasteiger partial charge is 0.493 e.